The van der Waals surface area contributed by atoms with Crippen molar-refractivity contribution in [1.82, 2.24) is 9.78 Å². The predicted octanol–water partition coefficient (Wildman–Crippen LogP) is 1.89. The van der Waals surface area contributed by atoms with E-state index >= 15 is 0 Å². The molecule has 0 aliphatic carbocycles. The third kappa shape index (κ3) is 2.39. The first-order valence-electron chi connectivity index (χ1n) is 4.03. The number of nitriles is 1. The van der Waals surface area contributed by atoms with Gasteiger partial charge in [0.15, 0.2) is 5.15 Å². The molecule has 1 rings (SSSR count). The minimum atomic E-state index is -1.23. The highest BCUT2D eigenvalue weighted by molar-refractivity contribution is 6.32. The lowest BCUT2D eigenvalue weighted by molar-refractivity contribution is 0.209. The maximum atomic E-state index is 10.4. The summed E-state index contributed by atoms with van der Waals surface area (Å²) in [5.74, 6) is 0. The van der Waals surface area contributed by atoms with E-state index in [9.17, 15) is 4.79 Å². The Balaban J connectivity index is 3.07. The summed E-state index contributed by atoms with van der Waals surface area (Å²) in [5, 5.41) is 23.3. The number of carbonyl (C=O) groups is 1. The highest BCUT2D eigenvalue weighted by Crippen LogP contribution is 2.23. The smallest absolute Gasteiger partial charge is 0.409 e. The first-order chi connectivity index (χ1) is 6.86. The zero-order chi connectivity index (χ0) is 11.6. The second-order valence-corrected chi connectivity index (χ2v) is 3.74. The largest absolute Gasteiger partial charge is 0.465 e. The molecule has 0 saturated heterocycles. The summed E-state index contributed by atoms with van der Waals surface area (Å²) in [5.41, 5.74) is -0.713. The fourth-order valence-corrected chi connectivity index (χ4v) is 1.07. The van der Waals surface area contributed by atoms with Gasteiger partial charge in [0.05, 0.1) is 12.3 Å². The first-order valence-corrected chi connectivity index (χ1v) is 4.41. The van der Waals surface area contributed by atoms with E-state index < -0.39 is 11.6 Å². The monoisotopic (exact) mass is 228 g/mol. The number of hydrogen-bond acceptors (Lipinski definition) is 3. The van der Waals surface area contributed by atoms with Gasteiger partial charge in [-0.05, 0) is 13.8 Å². The summed E-state index contributed by atoms with van der Waals surface area (Å²) in [4.78, 5) is 10.4. The van der Waals surface area contributed by atoms with E-state index in [1.54, 1.807) is 13.8 Å². The molecule has 0 aliphatic rings. The molecule has 0 saturated carbocycles. The van der Waals surface area contributed by atoms with Crippen molar-refractivity contribution < 1.29 is 9.90 Å². The standard InChI is InChI=1S/C8H9ClN4O2/c1-8(2,4-10)13-3-5(6(9)12-13)11-7(14)15/h3,11H,1-2H3,(H,14,15). The van der Waals surface area contributed by atoms with Crippen molar-refractivity contribution in [2.24, 2.45) is 0 Å². The lowest BCUT2D eigenvalue weighted by atomic mass is 10.1. The van der Waals surface area contributed by atoms with Crippen molar-refractivity contribution in [3.05, 3.63) is 11.3 Å². The van der Waals surface area contributed by atoms with Crippen molar-refractivity contribution in [3.63, 3.8) is 0 Å². The maximum Gasteiger partial charge on any atom is 0.409 e. The number of nitrogens with zero attached hydrogens (tertiary/aromatic N) is 3. The molecule has 7 heteroatoms. The van der Waals surface area contributed by atoms with E-state index in [4.69, 9.17) is 22.0 Å². The van der Waals surface area contributed by atoms with Crippen molar-refractivity contribution in [1.29, 1.82) is 5.26 Å². The second-order valence-electron chi connectivity index (χ2n) is 3.38. The summed E-state index contributed by atoms with van der Waals surface area (Å²) < 4.78 is 1.31. The van der Waals surface area contributed by atoms with Gasteiger partial charge < -0.3 is 5.11 Å². The van der Waals surface area contributed by atoms with Gasteiger partial charge in [0.25, 0.3) is 0 Å². The third-order valence-electron chi connectivity index (χ3n) is 1.76. The number of amides is 1. The second kappa shape index (κ2) is 3.79. The van der Waals surface area contributed by atoms with Gasteiger partial charge in [-0.3, -0.25) is 5.32 Å². The Kier molecular flexibility index (Phi) is 2.86. The van der Waals surface area contributed by atoms with Gasteiger partial charge in [-0.25, -0.2) is 9.48 Å². The number of hydrogen-bond donors (Lipinski definition) is 2. The van der Waals surface area contributed by atoms with E-state index in [0.29, 0.717) is 0 Å². The molecule has 1 aromatic heterocycles. The number of aromatic nitrogens is 2. The van der Waals surface area contributed by atoms with Crippen LogP contribution in [0.4, 0.5) is 10.5 Å². The SMILES string of the molecule is CC(C)(C#N)n1cc(NC(=O)O)c(Cl)n1. The van der Waals surface area contributed by atoms with E-state index in [2.05, 4.69) is 10.4 Å². The minimum Gasteiger partial charge on any atom is -0.465 e. The van der Waals surface area contributed by atoms with Crippen LogP contribution in [0.2, 0.25) is 5.15 Å². The highest BCUT2D eigenvalue weighted by Gasteiger charge is 2.22. The molecule has 0 spiro atoms. The van der Waals surface area contributed by atoms with Crippen LogP contribution in [-0.2, 0) is 5.54 Å². The van der Waals surface area contributed by atoms with Crippen molar-refractivity contribution >= 4 is 23.4 Å². The fourth-order valence-electron chi connectivity index (χ4n) is 0.890. The van der Waals surface area contributed by atoms with Gasteiger partial charge in [-0.15, -0.1) is 0 Å². The van der Waals surface area contributed by atoms with E-state index in [1.807, 2.05) is 6.07 Å². The molecule has 0 unspecified atom stereocenters. The summed E-state index contributed by atoms with van der Waals surface area (Å²) in [6.45, 7) is 3.28. The average Bonchev–Trinajstić information content (AvgIpc) is 2.48. The molecule has 15 heavy (non-hydrogen) atoms. The Labute approximate surface area is 91.1 Å². The zero-order valence-electron chi connectivity index (χ0n) is 8.15. The lowest BCUT2D eigenvalue weighted by Crippen LogP contribution is -2.24. The minimum absolute atomic E-state index is 0.0146. The molecule has 2 N–H and O–H groups in total. The third-order valence-corrected chi connectivity index (χ3v) is 2.04. The van der Waals surface area contributed by atoms with Crippen LogP contribution in [0.15, 0.2) is 6.20 Å². The molecular formula is C8H9ClN4O2. The molecule has 6 nitrogen and oxygen atoms in total. The molecule has 1 heterocycles. The van der Waals surface area contributed by atoms with Gasteiger partial charge in [-0.2, -0.15) is 10.4 Å². The highest BCUT2D eigenvalue weighted by atomic mass is 35.5. The van der Waals surface area contributed by atoms with Gasteiger partial charge in [-0.1, -0.05) is 11.6 Å². The van der Waals surface area contributed by atoms with Crippen LogP contribution in [0, 0.1) is 11.3 Å². The van der Waals surface area contributed by atoms with Crippen LogP contribution in [0.3, 0.4) is 0 Å². The van der Waals surface area contributed by atoms with Crippen LogP contribution >= 0.6 is 11.6 Å². The van der Waals surface area contributed by atoms with Gasteiger partial charge in [0.1, 0.15) is 11.2 Å². The molecular weight excluding hydrogens is 220 g/mol. The quantitative estimate of drug-likeness (QED) is 0.809. The summed E-state index contributed by atoms with van der Waals surface area (Å²) in [6.07, 6.45) is 0.144. The molecule has 1 amide bonds. The number of nitrogens with one attached hydrogen (secondary N) is 1. The van der Waals surface area contributed by atoms with Crippen LogP contribution < -0.4 is 5.32 Å². The van der Waals surface area contributed by atoms with Gasteiger partial charge in [0.2, 0.25) is 0 Å². The number of rotatable bonds is 2. The Hall–Kier alpha value is -1.74. The van der Waals surface area contributed by atoms with Crippen molar-refractivity contribution in [3.8, 4) is 6.07 Å². The zero-order valence-corrected chi connectivity index (χ0v) is 8.91. The molecule has 1 aromatic rings. The molecule has 0 bridgehead atoms. The molecule has 0 aliphatic heterocycles. The molecule has 80 valence electrons. The van der Waals surface area contributed by atoms with E-state index in [-0.39, 0.29) is 10.8 Å². The van der Waals surface area contributed by atoms with Crippen LogP contribution in [-0.4, -0.2) is 21.0 Å². The van der Waals surface area contributed by atoms with Crippen molar-refractivity contribution in [2.75, 3.05) is 5.32 Å². The molecule has 0 radical (unpaired) electrons. The Morgan fingerprint density at radius 1 is 1.80 bits per heavy atom. The van der Waals surface area contributed by atoms with Crippen LogP contribution in [0.1, 0.15) is 13.8 Å². The van der Waals surface area contributed by atoms with Gasteiger partial charge >= 0.3 is 6.09 Å². The van der Waals surface area contributed by atoms with Crippen LogP contribution in [0.25, 0.3) is 0 Å². The Morgan fingerprint density at radius 3 is 2.87 bits per heavy atom. The summed E-state index contributed by atoms with van der Waals surface area (Å²) >= 11 is 5.68. The molecule has 0 atom stereocenters. The predicted molar refractivity (Wildman–Crippen MR) is 53.8 cm³/mol. The van der Waals surface area contributed by atoms with E-state index in [1.165, 1.54) is 10.9 Å². The van der Waals surface area contributed by atoms with Crippen LogP contribution in [0.5, 0.6) is 0 Å². The summed E-state index contributed by atoms with van der Waals surface area (Å²) in [6, 6.07) is 2.02. The number of anilines is 1. The van der Waals surface area contributed by atoms with Gasteiger partial charge in [0, 0.05) is 0 Å². The lowest BCUT2D eigenvalue weighted by Gasteiger charge is -2.14. The summed E-state index contributed by atoms with van der Waals surface area (Å²) in [7, 11) is 0. The topological polar surface area (TPSA) is 90.9 Å². The number of halogens is 1. The Bertz CT molecular complexity index is 432. The first kappa shape index (κ1) is 11.3. The number of carboxylic acid groups (broad SMARTS) is 1. The normalized spacial score (nSPS) is 10.8. The van der Waals surface area contributed by atoms with E-state index in [0.717, 1.165) is 0 Å². The molecule has 0 aromatic carbocycles. The average molecular weight is 229 g/mol. The molecule has 0 fully saturated rings. The van der Waals surface area contributed by atoms with Crippen molar-refractivity contribution in [2.45, 2.75) is 19.4 Å². The maximum absolute atomic E-state index is 10.4. The Morgan fingerprint density at radius 2 is 2.40 bits per heavy atom. The fraction of sp³-hybridized carbons (Fsp3) is 0.375.